The third-order valence-corrected chi connectivity index (χ3v) is 9.33. The maximum atomic E-state index is 14.5. The van der Waals surface area contributed by atoms with Crippen molar-refractivity contribution in [2.75, 3.05) is 26.3 Å². The molecule has 0 aromatic carbocycles. The van der Waals surface area contributed by atoms with Crippen LogP contribution in [0.15, 0.2) is 25.3 Å². The Morgan fingerprint density at radius 1 is 1.19 bits per heavy atom. The number of aliphatic hydroxyl groups is 1. The van der Waals surface area contributed by atoms with Crippen LogP contribution in [0.2, 0.25) is 0 Å². The van der Waals surface area contributed by atoms with Crippen molar-refractivity contribution >= 4 is 17.8 Å². The average Bonchev–Trinajstić information content (AvgIpc) is 3.40. The molecule has 4 fully saturated rings. The molecule has 3 heterocycles. The number of nitrogens with zero attached hydrogens (tertiary/aromatic N) is 2. The van der Waals surface area contributed by atoms with E-state index in [2.05, 4.69) is 13.2 Å². The number of unbranched alkanes of at least 4 members (excludes halogenated alkanes) is 2. The first kappa shape index (κ1) is 27.8. The van der Waals surface area contributed by atoms with Crippen molar-refractivity contribution in [2.24, 2.45) is 17.8 Å². The van der Waals surface area contributed by atoms with Crippen molar-refractivity contribution in [3.05, 3.63) is 25.3 Å². The number of ether oxygens (including phenoxy) is 2. The van der Waals surface area contributed by atoms with Crippen LogP contribution in [0.1, 0.15) is 71.6 Å². The molecule has 206 valence electrons. The Morgan fingerprint density at radius 2 is 1.92 bits per heavy atom. The molecular weight excluding hydrogens is 472 g/mol. The molecule has 4 rings (SSSR count). The summed E-state index contributed by atoms with van der Waals surface area (Å²) in [4.78, 5) is 45.6. The molecule has 3 saturated heterocycles. The molecule has 1 saturated carbocycles. The van der Waals surface area contributed by atoms with Gasteiger partial charge in [0.25, 0.3) is 0 Å². The van der Waals surface area contributed by atoms with Gasteiger partial charge in [-0.15, -0.1) is 6.58 Å². The third-order valence-electron chi connectivity index (χ3n) is 9.33. The van der Waals surface area contributed by atoms with Gasteiger partial charge in [-0.25, -0.2) is 0 Å². The topological polar surface area (TPSA) is 96.4 Å². The lowest BCUT2D eigenvalue weighted by molar-refractivity contribution is -0.161. The van der Waals surface area contributed by atoms with Crippen LogP contribution in [0.3, 0.4) is 0 Å². The van der Waals surface area contributed by atoms with E-state index < -0.39 is 35.0 Å². The molecule has 3 unspecified atom stereocenters. The summed E-state index contributed by atoms with van der Waals surface area (Å²) in [5, 5.41) is 9.24. The zero-order valence-electron chi connectivity index (χ0n) is 22.5. The number of likely N-dealkylation sites (tertiary alicyclic amines) is 1. The van der Waals surface area contributed by atoms with Crippen LogP contribution in [0.5, 0.6) is 0 Å². The Labute approximate surface area is 221 Å². The van der Waals surface area contributed by atoms with E-state index in [9.17, 15) is 19.5 Å². The molecule has 1 spiro atoms. The van der Waals surface area contributed by atoms with Gasteiger partial charge in [-0.1, -0.05) is 44.9 Å². The van der Waals surface area contributed by atoms with E-state index in [0.29, 0.717) is 32.4 Å². The van der Waals surface area contributed by atoms with Crippen LogP contribution >= 0.6 is 0 Å². The summed E-state index contributed by atoms with van der Waals surface area (Å²) in [6.45, 7) is 12.5. The van der Waals surface area contributed by atoms with Crippen molar-refractivity contribution in [3.63, 3.8) is 0 Å². The maximum absolute atomic E-state index is 14.5. The molecule has 3 aliphatic heterocycles. The van der Waals surface area contributed by atoms with Crippen molar-refractivity contribution in [2.45, 2.75) is 94.9 Å². The quantitative estimate of drug-likeness (QED) is 0.243. The lowest BCUT2D eigenvalue weighted by atomic mass is 9.62. The number of rotatable bonds is 12. The van der Waals surface area contributed by atoms with E-state index in [-0.39, 0.29) is 37.0 Å². The number of carbonyl (C=O) groups excluding carboxylic acids is 3. The molecule has 0 radical (unpaired) electrons. The zero-order chi connectivity index (χ0) is 26.8. The Morgan fingerprint density at radius 3 is 2.57 bits per heavy atom. The fourth-order valence-electron chi connectivity index (χ4n) is 7.53. The van der Waals surface area contributed by atoms with E-state index >= 15 is 0 Å². The smallest absolute Gasteiger partial charge is 0.313 e. The number of hydrogen-bond acceptors (Lipinski definition) is 6. The average molecular weight is 517 g/mol. The molecular formula is C29H44N2O6. The van der Waals surface area contributed by atoms with Crippen LogP contribution in [0.25, 0.3) is 0 Å². The fourth-order valence-corrected chi connectivity index (χ4v) is 7.53. The molecule has 0 aromatic rings. The van der Waals surface area contributed by atoms with E-state index in [0.717, 1.165) is 32.1 Å². The molecule has 0 aromatic heterocycles. The van der Waals surface area contributed by atoms with Gasteiger partial charge in [0.15, 0.2) is 0 Å². The van der Waals surface area contributed by atoms with Gasteiger partial charge in [0.1, 0.15) is 24.2 Å². The maximum Gasteiger partial charge on any atom is 0.313 e. The Bertz CT molecular complexity index is 901. The number of carbonyl (C=O) groups is 3. The lowest BCUT2D eigenvalue weighted by Crippen LogP contribution is -2.58. The van der Waals surface area contributed by atoms with Crippen molar-refractivity contribution in [1.82, 2.24) is 9.80 Å². The van der Waals surface area contributed by atoms with Gasteiger partial charge in [0, 0.05) is 25.7 Å². The standard InChI is InChI=1S/C29H44N2O6/c1-5-15-30(21-13-9-7-10-14-21)26(34)24-29-19-20(3)28(4,37-29)23(27(35)36-18-6-2)22(29)25(33)31(24)16-11-8-12-17-32/h5-6,20-24,32H,1-2,7-19H2,3-4H3/t20?,22-,23+,24?,28-,29?/m0/s1. The number of fused-ring (bicyclic) bond motifs is 1. The Balaban J connectivity index is 1.73. The van der Waals surface area contributed by atoms with E-state index in [4.69, 9.17) is 9.47 Å². The summed E-state index contributed by atoms with van der Waals surface area (Å²) in [5.74, 6) is -2.30. The first-order chi connectivity index (χ1) is 17.8. The Hall–Kier alpha value is -2.19. The van der Waals surface area contributed by atoms with Crippen molar-refractivity contribution in [3.8, 4) is 0 Å². The molecule has 4 aliphatic rings. The van der Waals surface area contributed by atoms with Crippen LogP contribution in [0, 0.1) is 17.8 Å². The van der Waals surface area contributed by atoms with Gasteiger partial charge in [0.05, 0.1) is 11.5 Å². The number of hydrogen-bond donors (Lipinski definition) is 1. The van der Waals surface area contributed by atoms with Crippen LogP contribution in [-0.4, -0.2) is 82.3 Å². The SMILES string of the molecule is C=CCOC(=O)[C@H]1[C@H]2C(=O)N(CCCCCO)C(C(=O)N(CC=C)C3CCCCC3)C23CC(C)[C@]1(C)O3. The van der Waals surface area contributed by atoms with Gasteiger partial charge in [0.2, 0.25) is 11.8 Å². The Kier molecular flexibility index (Phi) is 8.48. The fraction of sp³-hybridized carbons (Fsp3) is 0.759. The predicted molar refractivity (Wildman–Crippen MR) is 139 cm³/mol. The van der Waals surface area contributed by atoms with Gasteiger partial charge in [-0.2, -0.15) is 0 Å². The van der Waals surface area contributed by atoms with Gasteiger partial charge >= 0.3 is 5.97 Å². The molecule has 8 nitrogen and oxygen atoms in total. The monoisotopic (exact) mass is 516 g/mol. The van der Waals surface area contributed by atoms with E-state index in [1.54, 1.807) is 11.0 Å². The van der Waals surface area contributed by atoms with E-state index in [1.165, 1.54) is 12.5 Å². The molecule has 2 amide bonds. The highest BCUT2D eigenvalue weighted by Gasteiger charge is 2.80. The minimum Gasteiger partial charge on any atom is -0.461 e. The summed E-state index contributed by atoms with van der Waals surface area (Å²) in [5.41, 5.74) is -1.94. The second kappa shape index (κ2) is 11.3. The summed E-state index contributed by atoms with van der Waals surface area (Å²) in [7, 11) is 0. The first-order valence-corrected chi connectivity index (χ1v) is 14.1. The first-order valence-electron chi connectivity index (χ1n) is 14.1. The largest absolute Gasteiger partial charge is 0.461 e. The minimum atomic E-state index is -1.06. The molecule has 8 heteroatoms. The highest BCUT2D eigenvalue weighted by molar-refractivity contribution is 5.98. The summed E-state index contributed by atoms with van der Waals surface area (Å²) < 4.78 is 12.2. The van der Waals surface area contributed by atoms with Gasteiger partial charge < -0.3 is 24.4 Å². The molecule has 1 aliphatic carbocycles. The summed E-state index contributed by atoms with van der Waals surface area (Å²) in [6.07, 6.45) is 11.1. The summed E-state index contributed by atoms with van der Waals surface area (Å²) in [6, 6.07) is -0.677. The zero-order valence-corrected chi connectivity index (χ0v) is 22.5. The summed E-state index contributed by atoms with van der Waals surface area (Å²) >= 11 is 0. The second-order valence-electron chi connectivity index (χ2n) is 11.5. The normalized spacial score (nSPS) is 34.9. The highest BCUT2D eigenvalue weighted by atomic mass is 16.6. The molecule has 2 bridgehead atoms. The van der Waals surface area contributed by atoms with Gasteiger partial charge in [-0.3, -0.25) is 14.4 Å². The van der Waals surface area contributed by atoms with Crippen LogP contribution in [-0.2, 0) is 23.9 Å². The third kappa shape index (κ3) is 4.65. The number of esters is 1. The molecule has 1 N–H and O–H groups in total. The number of amides is 2. The molecule has 6 atom stereocenters. The lowest BCUT2D eigenvalue weighted by Gasteiger charge is -2.41. The predicted octanol–water partition coefficient (Wildman–Crippen LogP) is 3.24. The minimum absolute atomic E-state index is 0.0231. The van der Waals surface area contributed by atoms with Crippen LogP contribution in [0.4, 0.5) is 0 Å². The molecule has 37 heavy (non-hydrogen) atoms. The number of aliphatic hydroxyl groups excluding tert-OH is 1. The van der Waals surface area contributed by atoms with E-state index in [1.807, 2.05) is 18.7 Å². The van der Waals surface area contributed by atoms with Crippen LogP contribution < -0.4 is 0 Å². The van der Waals surface area contributed by atoms with Crippen molar-refractivity contribution in [1.29, 1.82) is 0 Å². The van der Waals surface area contributed by atoms with Gasteiger partial charge in [-0.05, 0) is 51.4 Å². The second-order valence-corrected chi connectivity index (χ2v) is 11.5. The van der Waals surface area contributed by atoms with Crippen molar-refractivity contribution < 1.29 is 29.0 Å². The highest BCUT2D eigenvalue weighted by Crippen LogP contribution is 2.65.